The van der Waals surface area contributed by atoms with Gasteiger partial charge < -0.3 is 5.32 Å². The number of hydrogen-bond acceptors (Lipinski definition) is 1. The first-order chi connectivity index (χ1) is 7.85. The molecule has 0 unspecified atom stereocenters. The second-order valence-corrected chi connectivity index (χ2v) is 5.23. The molecule has 0 aliphatic rings. The Labute approximate surface area is 106 Å². The Bertz CT molecular complexity index is 418. The Morgan fingerprint density at radius 2 is 2.12 bits per heavy atom. The van der Waals surface area contributed by atoms with Gasteiger partial charge in [-0.3, -0.25) is 4.79 Å². The van der Waals surface area contributed by atoms with Crippen LogP contribution in [0.5, 0.6) is 0 Å². The third kappa shape index (κ3) is 4.00. The molecule has 0 fully saturated rings. The molecule has 0 radical (unpaired) electrons. The van der Waals surface area contributed by atoms with Crippen molar-refractivity contribution in [2.75, 3.05) is 12.4 Å². The van der Waals surface area contributed by atoms with Gasteiger partial charge in [0.1, 0.15) is 5.82 Å². The highest BCUT2D eigenvalue weighted by Gasteiger charge is 2.19. The zero-order valence-corrected chi connectivity index (χ0v) is 11.1. The summed E-state index contributed by atoms with van der Waals surface area (Å²) in [6.45, 7) is 6.07. The number of benzene rings is 1. The van der Waals surface area contributed by atoms with Crippen LogP contribution in [0, 0.1) is 18.2 Å². The minimum Gasteiger partial charge on any atom is -0.351 e. The lowest BCUT2D eigenvalue weighted by Crippen LogP contribution is -2.35. The number of amides is 1. The average molecular weight is 258 g/mol. The maximum absolute atomic E-state index is 13.5. The van der Waals surface area contributed by atoms with Gasteiger partial charge in [-0.2, -0.15) is 0 Å². The van der Waals surface area contributed by atoms with Crippen LogP contribution in [0.3, 0.4) is 0 Å². The minimum absolute atomic E-state index is 0.0703. The number of carbonyl (C=O) groups excluding carboxylic acids is 1. The van der Waals surface area contributed by atoms with E-state index in [2.05, 4.69) is 5.32 Å². The van der Waals surface area contributed by atoms with Gasteiger partial charge in [0.05, 0.1) is 5.56 Å². The van der Waals surface area contributed by atoms with Gasteiger partial charge in [-0.25, -0.2) is 4.39 Å². The predicted octanol–water partition coefficient (Wildman–Crippen LogP) is 3.13. The first kappa shape index (κ1) is 14.0. The topological polar surface area (TPSA) is 29.1 Å². The van der Waals surface area contributed by atoms with Crippen molar-refractivity contribution in [2.24, 2.45) is 5.41 Å². The molecule has 0 bridgehead atoms. The van der Waals surface area contributed by atoms with Crippen LogP contribution < -0.4 is 5.32 Å². The fourth-order valence-electron chi connectivity index (χ4n) is 1.27. The smallest absolute Gasteiger partial charge is 0.254 e. The maximum Gasteiger partial charge on any atom is 0.254 e. The van der Waals surface area contributed by atoms with E-state index in [9.17, 15) is 9.18 Å². The van der Waals surface area contributed by atoms with E-state index in [4.69, 9.17) is 11.6 Å². The van der Waals surface area contributed by atoms with E-state index >= 15 is 0 Å². The van der Waals surface area contributed by atoms with Crippen LogP contribution >= 0.6 is 11.6 Å². The number of nitrogens with one attached hydrogen (secondary N) is 1. The SMILES string of the molecule is Cc1ccc(C(=O)NCC(C)(C)CCl)c(F)c1. The third-order valence-corrected chi connectivity index (χ3v) is 3.18. The molecule has 0 saturated heterocycles. The van der Waals surface area contributed by atoms with Crippen LogP contribution in [0.15, 0.2) is 18.2 Å². The lowest BCUT2D eigenvalue weighted by molar-refractivity contribution is 0.0936. The summed E-state index contributed by atoms with van der Waals surface area (Å²) >= 11 is 5.75. The minimum atomic E-state index is -0.494. The summed E-state index contributed by atoms with van der Waals surface area (Å²) in [4.78, 5) is 11.7. The first-order valence-electron chi connectivity index (χ1n) is 5.46. The molecule has 1 aromatic carbocycles. The van der Waals surface area contributed by atoms with Crippen LogP contribution in [-0.4, -0.2) is 18.3 Å². The van der Waals surface area contributed by atoms with Crippen molar-refractivity contribution in [3.8, 4) is 0 Å². The Morgan fingerprint density at radius 1 is 1.47 bits per heavy atom. The van der Waals surface area contributed by atoms with E-state index in [1.807, 2.05) is 13.8 Å². The molecule has 0 spiro atoms. The molecule has 0 saturated carbocycles. The van der Waals surface area contributed by atoms with Gasteiger partial charge in [-0.1, -0.05) is 19.9 Å². The Balaban J connectivity index is 2.71. The second-order valence-electron chi connectivity index (χ2n) is 4.96. The summed E-state index contributed by atoms with van der Waals surface area (Å²) in [5.41, 5.74) is 0.666. The van der Waals surface area contributed by atoms with Gasteiger partial charge in [0.2, 0.25) is 0 Å². The normalized spacial score (nSPS) is 11.4. The molecular weight excluding hydrogens is 241 g/mol. The van der Waals surface area contributed by atoms with Crippen LogP contribution in [0.25, 0.3) is 0 Å². The van der Waals surface area contributed by atoms with Crippen molar-refractivity contribution in [2.45, 2.75) is 20.8 Å². The summed E-state index contributed by atoms with van der Waals surface area (Å²) in [7, 11) is 0. The Hall–Kier alpha value is -1.09. The van der Waals surface area contributed by atoms with Gasteiger partial charge in [0.25, 0.3) is 5.91 Å². The summed E-state index contributed by atoms with van der Waals surface area (Å²) in [6, 6.07) is 4.56. The van der Waals surface area contributed by atoms with Crippen LogP contribution in [0.4, 0.5) is 4.39 Å². The van der Waals surface area contributed by atoms with Crippen molar-refractivity contribution in [1.29, 1.82) is 0 Å². The molecule has 0 atom stereocenters. The molecule has 1 aromatic rings. The molecular formula is C13H17ClFNO. The first-order valence-corrected chi connectivity index (χ1v) is 5.99. The van der Waals surface area contributed by atoms with Crippen molar-refractivity contribution >= 4 is 17.5 Å². The average Bonchev–Trinajstić information content (AvgIpc) is 2.26. The van der Waals surface area contributed by atoms with Crippen molar-refractivity contribution < 1.29 is 9.18 Å². The number of rotatable bonds is 4. The largest absolute Gasteiger partial charge is 0.351 e. The highest BCUT2D eigenvalue weighted by molar-refractivity contribution is 6.18. The monoisotopic (exact) mass is 257 g/mol. The second kappa shape index (κ2) is 5.50. The number of halogens is 2. The number of hydrogen-bond donors (Lipinski definition) is 1. The fraction of sp³-hybridized carbons (Fsp3) is 0.462. The van der Waals surface area contributed by atoms with Crippen molar-refractivity contribution in [3.05, 3.63) is 35.1 Å². The van der Waals surface area contributed by atoms with E-state index < -0.39 is 11.7 Å². The molecule has 0 aliphatic heterocycles. The van der Waals surface area contributed by atoms with E-state index in [1.54, 1.807) is 13.0 Å². The molecule has 4 heteroatoms. The summed E-state index contributed by atoms with van der Waals surface area (Å²) < 4.78 is 13.5. The van der Waals surface area contributed by atoms with Gasteiger partial charge in [0.15, 0.2) is 0 Å². The predicted molar refractivity (Wildman–Crippen MR) is 68.0 cm³/mol. The number of carbonyl (C=O) groups is 1. The third-order valence-electron chi connectivity index (χ3n) is 2.46. The van der Waals surface area contributed by atoms with E-state index in [0.717, 1.165) is 5.56 Å². The fourth-order valence-corrected chi connectivity index (χ4v) is 1.36. The Kier molecular flexibility index (Phi) is 4.52. The molecule has 0 aromatic heterocycles. The molecule has 2 nitrogen and oxygen atoms in total. The summed E-state index contributed by atoms with van der Waals surface area (Å²) in [6.07, 6.45) is 0. The molecule has 0 aliphatic carbocycles. The molecule has 1 rings (SSSR count). The van der Waals surface area contributed by atoms with E-state index in [0.29, 0.717) is 12.4 Å². The summed E-state index contributed by atoms with van der Waals surface area (Å²) in [5.74, 6) is -0.462. The lowest BCUT2D eigenvalue weighted by atomic mass is 9.96. The standard InChI is InChI=1S/C13H17ClFNO/c1-9-4-5-10(11(15)6-9)12(17)16-8-13(2,3)7-14/h4-6H,7-8H2,1-3H3,(H,16,17). The zero-order chi connectivity index (χ0) is 13.1. The number of alkyl halides is 1. The van der Waals surface area contributed by atoms with E-state index in [1.165, 1.54) is 12.1 Å². The maximum atomic E-state index is 13.5. The highest BCUT2D eigenvalue weighted by atomic mass is 35.5. The molecule has 1 amide bonds. The summed E-state index contributed by atoms with van der Waals surface area (Å²) in [5, 5.41) is 2.69. The van der Waals surface area contributed by atoms with Gasteiger partial charge in [0, 0.05) is 12.4 Å². The van der Waals surface area contributed by atoms with Gasteiger partial charge in [-0.05, 0) is 30.0 Å². The number of aryl methyl sites for hydroxylation is 1. The molecule has 0 heterocycles. The van der Waals surface area contributed by atoms with Gasteiger partial charge in [-0.15, -0.1) is 11.6 Å². The molecule has 1 N–H and O–H groups in total. The van der Waals surface area contributed by atoms with Gasteiger partial charge >= 0.3 is 0 Å². The van der Waals surface area contributed by atoms with Crippen LogP contribution in [0.2, 0.25) is 0 Å². The zero-order valence-electron chi connectivity index (χ0n) is 10.3. The molecule has 17 heavy (non-hydrogen) atoms. The van der Waals surface area contributed by atoms with E-state index in [-0.39, 0.29) is 11.0 Å². The molecule has 94 valence electrons. The Morgan fingerprint density at radius 3 is 2.65 bits per heavy atom. The highest BCUT2D eigenvalue weighted by Crippen LogP contribution is 2.16. The van der Waals surface area contributed by atoms with Crippen LogP contribution in [-0.2, 0) is 0 Å². The van der Waals surface area contributed by atoms with Crippen molar-refractivity contribution in [3.63, 3.8) is 0 Å². The van der Waals surface area contributed by atoms with Crippen LogP contribution in [0.1, 0.15) is 29.8 Å². The quantitative estimate of drug-likeness (QED) is 0.825. The van der Waals surface area contributed by atoms with Crippen molar-refractivity contribution in [1.82, 2.24) is 5.32 Å². The lowest BCUT2D eigenvalue weighted by Gasteiger charge is -2.21.